The molecule has 0 saturated heterocycles. The van der Waals surface area contributed by atoms with Crippen molar-refractivity contribution in [3.63, 3.8) is 0 Å². The predicted molar refractivity (Wildman–Crippen MR) is 135 cm³/mol. The summed E-state index contributed by atoms with van der Waals surface area (Å²) in [5, 5.41) is 3.51. The first-order chi connectivity index (χ1) is 17.5. The molecule has 3 aromatic rings. The van der Waals surface area contributed by atoms with Gasteiger partial charge in [-0.1, -0.05) is 42.5 Å². The number of halogens is 4. The van der Waals surface area contributed by atoms with Crippen molar-refractivity contribution >= 4 is 39.4 Å². The molecule has 0 radical (unpaired) electrons. The van der Waals surface area contributed by atoms with Crippen LogP contribution in [0.5, 0.6) is 5.75 Å². The molecule has 0 aliphatic heterocycles. The zero-order chi connectivity index (χ0) is 27.1. The third kappa shape index (κ3) is 7.34. The number of anilines is 1. The Bertz CT molecular complexity index is 1380. The highest BCUT2D eigenvalue weighted by Crippen LogP contribution is 2.37. The SMILES string of the molecule is C=CCOc1ccc(/C=N\NC(=O)CN(c2cc(C(F)(F)F)ccc2Cl)S(=O)(=O)c2ccccc2)cc1. The van der Waals surface area contributed by atoms with Crippen LogP contribution in [0, 0.1) is 0 Å². The lowest BCUT2D eigenvalue weighted by molar-refractivity contribution is -0.137. The van der Waals surface area contributed by atoms with Crippen LogP contribution in [0.15, 0.2) is 95.4 Å². The Morgan fingerprint density at radius 2 is 1.76 bits per heavy atom. The highest BCUT2D eigenvalue weighted by atomic mass is 35.5. The van der Waals surface area contributed by atoms with Gasteiger partial charge in [-0.15, -0.1) is 0 Å². The van der Waals surface area contributed by atoms with Gasteiger partial charge in [0.25, 0.3) is 15.9 Å². The lowest BCUT2D eigenvalue weighted by atomic mass is 10.2. The third-order valence-electron chi connectivity index (χ3n) is 4.81. The van der Waals surface area contributed by atoms with E-state index in [1.807, 2.05) is 0 Å². The molecule has 0 saturated carbocycles. The number of carbonyl (C=O) groups excluding carboxylic acids is 1. The summed E-state index contributed by atoms with van der Waals surface area (Å²) in [6.45, 7) is 3.01. The van der Waals surface area contributed by atoms with Crippen molar-refractivity contribution in [2.24, 2.45) is 5.10 Å². The average molecular weight is 552 g/mol. The number of sulfonamides is 1. The van der Waals surface area contributed by atoms with Crippen LogP contribution in [0.4, 0.5) is 18.9 Å². The number of amides is 1. The molecule has 0 aliphatic rings. The van der Waals surface area contributed by atoms with Gasteiger partial charge in [0.2, 0.25) is 0 Å². The summed E-state index contributed by atoms with van der Waals surface area (Å²) < 4.78 is 72.6. The maximum absolute atomic E-state index is 13.3. The summed E-state index contributed by atoms with van der Waals surface area (Å²) in [7, 11) is -4.48. The van der Waals surface area contributed by atoms with Gasteiger partial charge in [0.15, 0.2) is 0 Å². The minimum absolute atomic E-state index is 0.237. The molecule has 12 heteroatoms. The van der Waals surface area contributed by atoms with Crippen molar-refractivity contribution in [2.75, 3.05) is 17.5 Å². The van der Waals surface area contributed by atoms with Gasteiger partial charge in [-0.05, 0) is 60.2 Å². The molecule has 0 heterocycles. The first-order valence-electron chi connectivity index (χ1n) is 10.6. The maximum Gasteiger partial charge on any atom is 0.416 e. The van der Waals surface area contributed by atoms with Crippen LogP contribution >= 0.6 is 11.6 Å². The predicted octanol–water partition coefficient (Wildman–Crippen LogP) is 5.27. The molecule has 7 nitrogen and oxygen atoms in total. The molecule has 0 aliphatic carbocycles. The molecule has 3 aromatic carbocycles. The minimum atomic E-state index is -4.76. The minimum Gasteiger partial charge on any atom is -0.490 e. The van der Waals surface area contributed by atoms with Crippen molar-refractivity contribution in [1.82, 2.24) is 5.43 Å². The van der Waals surface area contributed by atoms with Crippen LogP contribution in [0.25, 0.3) is 0 Å². The molecule has 0 bridgehead atoms. The Morgan fingerprint density at radius 3 is 2.38 bits per heavy atom. The molecule has 1 amide bonds. The zero-order valence-electron chi connectivity index (χ0n) is 19.2. The first-order valence-corrected chi connectivity index (χ1v) is 12.4. The van der Waals surface area contributed by atoms with Crippen LogP contribution in [0.2, 0.25) is 5.02 Å². The fourth-order valence-electron chi connectivity index (χ4n) is 3.05. The fourth-order valence-corrected chi connectivity index (χ4v) is 4.77. The van der Waals surface area contributed by atoms with Gasteiger partial charge in [-0.25, -0.2) is 13.8 Å². The maximum atomic E-state index is 13.3. The van der Waals surface area contributed by atoms with Gasteiger partial charge >= 0.3 is 6.18 Å². The van der Waals surface area contributed by atoms with E-state index in [1.54, 1.807) is 36.4 Å². The topological polar surface area (TPSA) is 88.1 Å². The van der Waals surface area contributed by atoms with E-state index in [0.717, 1.165) is 12.1 Å². The Balaban J connectivity index is 1.86. The van der Waals surface area contributed by atoms with Gasteiger partial charge in [0, 0.05) is 0 Å². The number of hydrogen-bond acceptors (Lipinski definition) is 5. The average Bonchev–Trinajstić information content (AvgIpc) is 2.87. The molecule has 0 spiro atoms. The van der Waals surface area contributed by atoms with Gasteiger partial charge < -0.3 is 4.74 Å². The van der Waals surface area contributed by atoms with Crippen LogP contribution in [-0.4, -0.2) is 33.7 Å². The highest BCUT2D eigenvalue weighted by molar-refractivity contribution is 7.92. The molecular weight excluding hydrogens is 531 g/mol. The second-order valence-corrected chi connectivity index (χ2v) is 9.72. The van der Waals surface area contributed by atoms with Crippen molar-refractivity contribution in [3.05, 3.63) is 102 Å². The molecule has 0 fully saturated rings. The van der Waals surface area contributed by atoms with Crippen molar-refractivity contribution in [2.45, 2.75) is 11.1 Å². The number of hydrogen-bond donors (Lipinski definition) is 1. The molecule has 3 rings (SSSR count). The first kappa shape index (κ1) is 27.8. The monoisotopic (exact) mass is 551 g/mol. The van der Waals surface area contributed by atoms with Crippen LogP contribution in [-0.2, 0) is 21.0 Å². The molecular formula is C25H21ClF3N3O4S. The van der Waals surface area contributed by atoms with E-state index in [-0.39, 0.29) is 9.92 Å². The van der Waals surface area contributed by atoms with E-state index >= 15 is 0 Å². The van der Waals surface area contributed by atoms with Gasteiger partial charge in [0.05, 0.1) is 27.4 Å². The summed E-state index contributed by atoms with van der Waals surface area (Å²) in [5.74, 6) is -0.309. The fraction of sp³-hybridized carbons (Fsp3) is 0.120. The zero-order valence-corrected chi connectivity index (χ0v) is 20.7. The van der Waals surface area contributed by atoms with Crippen molar-refractivity contribution in [1.29, 1.82) is 0 Å². The van der Waals surface area contributed by atoms with E-state index < -0.39 is 39.9 Å². The Hall–Kier alpha value is -3.83. The largest absolute Gasteiger partial charge is 0.490 e. The lowest BCUT2D eigenvalue weighted by Gasteiger charge is -2.25. The third-order valence-corrected chi connectivity index (χ3v) is 6.90. The van der Waals surface area contributed by atoms with Gasteiger partial charge in [-0.2, -0.15) is 18.3 Å². The molecule has 194 valence electrons. The number of nitrogens with one attached hydrogen (secondary N) is 1. The second kappa shape index (κ2) is 11.9. The summed E-state index contributed by atoms with van der Waals surface area (Å²) in [4.78, 5) is 12.4. The van der Waals surface area contributed by atoms with Gasteiger partial charge in [0.1, 0.15) is 18.9 Å². The summed E-state index contributed by atoms with van der Waals surface area (Å²) in [5.41, 5.74) is 1.15. The van der Waals surface area contributed by atoms with Crippen molar-refractivity contribution in [3.8, 4) is 5.75 Å². The van der Waals surface area contributed by atoms with E-state index in [1.165, 1.54) is 30.5 Å². The van der Waals surface area contributed by atoms with Crippen molar-refractivity contribution < 1.29 is 31.1 Å². The summed E-state index contributed by atoms with van der Waals surface area (Å²) in [6, 6.07) is 15.9. The normalized spacial score (nSPS) is 11.8. The number of benzene rings is 3. The van der Waals surface area contributed by atoms with E-state index in [2.05, 4.69) is 17.1 Å². The number of nitrogens with zero attached hydrogens (tertiary/aromatic N) is 2. The molecule has 37 heavy (non-hydrogen) atoms. The molecule has 0 unspecified atom stereocenters. The Labute approximate surface area is 216 Å². The van der Waals surface area contributed by atoms with E-state index in [0.29, 0.717) is 28.3 Å². The molecule has 0 aromatic heterocycles. The van der Waals surface area contributed by atoms with Crippen LogP contribution < -0.4 is 14.5 Å². The van der Waals surface area contributed by atoms with E-state index in [9.17, 15) is 26.4 Å². The summed E-state index contributed by atoms with van der Waals surface area (Å²) >= 11 is 6.10. The smallest absolute Gasteiger partial charge is 0.416 e. The number of hydrazone groups is 1. The van der Waals surface area contributed by atoms with Gasteiger partial charge in [-0.3, -0.25) is 9.10 Å². The Morgan fingerprint density at radius 1 is 1.08 bits per heavy atom. The van der Waals surface area contributed by atoms with Crippen LogP contribution in [0.1, 0.15) is 11.1 Å². The highest BCUT2D eigenvalue weighted by Gasteiger charge is 2.34. The van der Waals surface area contributed by atoms with E-state index in [4.69, 9.17) is 16.3 Å². The van der Waals surface area contributed by atoms with Crippen LogP contribution in [0.3, 0.4) is 0 Å². The number of ether oxygens (including phenoxy) is 1. The number of carbonyl (C=O) groups is 1. The number of rotatable bonds is 10. The number of alkyl halides is 3. The quantitative estimate of drug-likeness (QED) is 0.211. The standard InChI is InChI=1S/C25H21ClF3N3O4S/c1-2-14-36-20-11-8-18(9-12-20)16-30-31-24(33)17-32(37(34,35)21-6-4-3-5-7-21)23-15-19(25(27,28)29)10-13-22(23)26/h2-13,15-16H,1,14,17H2,(H,31,33)/b30-16-. The second-order valence-electron chi connectivity index (χ2n) is 7.45. The molecule has 0 atom stereocenters. The summed E-state index contributed by atoms with van der Waals surface area (Å²) in [6.07, 6.45) is -1.86. The molecule has 1 N–H and O–H groups in total. The Kier molecular flexibility index (Phi) is 8.95. The lowest BCUT2D eigenvalue weighted by Crippen LogP contribution is -2.40.